The van der Waals surface area contributed by atoms with Gasteiger partial charge in [-0.15, -0.1) is 11.8 Å². The van der Waals surface area contributed by atoms with E-state index in [-0.39, 0.29) is 23.2 Å². The van der Waals surface area contributed by atoms with Gasteiger partial charge < -0.3 is 15.7 Å². The second-order valence-corrected chi connectivity index (χ2v) is 6.91. The minimum absolute atomic E-state index is 0.0383. The number of anilines is 1. The predicted molar refractivity (Wildman–Crippen MR) is 104 cm³/mol. The first-order chi connectivity index (χ1) is 11.9. The molecule has 1 amide bonds. The van der Waals surface area contributed by atoms with Gasteiger partial charge in [-0.3, -0.25) is 9.59 Å². The van der Waals surface area contributed by atoms with E-state index >= 15 is 0 Å². The van der Waals surface area contributed by atoms with Gasteiger partial charge in [-0.25, -0.2) is 0 Å². The monoisotopic (exact) mass is 394 g/mol. The van der Waals surface area contributed by atoms with Crippen molar-refractivity contribution in [2.45, 2.75) is 11.3 Å². The largest absolute Gasteiger partial charge is 0.481 e. The molecule has 0 aliphatic carbocycles. The Morgan fingerprint density at radius 1 is 1.08 bits per heavy atom. The predicted octanol–water partition coefficient (Wildman–Crippen LogP) is 3.57. The van der Waals surface area contributed by atoms with Gasteiger partial charge in [0.05, 0.1) is 12.2 Å². The van der Waals surface area contributed by atoms with Crippen LogP contribution >= 0.6 is 35.6 Å². The van der Waals surface area contributed by atoms with Gasteiger partial charge in [0.1, 0.15) is 0 Å². The van der Waals surface area contributed by atoms with Crippen LogP contribution in [-0.4, -0.2) is 27.8 Å². The van der Waals surface area contributed by atoms with Crippen molar-refractivity contribution in [1.29, 1.82) is 0 Å². The van der Waals surface area contributed by atoms with Gasteiger partial charge >= 0.3 is 5.97 Å². The number of hydrogen-bond acceptors (Lipinski definition) is 4. The summed E-state index contributed by atoms with van der Waals surface area (Å²) >= 11 is 12.3. The van der Waals surface area contributed by atoms with Gasteiger partial charge in [-0.1, -0.05) is 23.7 Å². The van der Waals surface area contributed by atoms with Crippen LogP contribution in [-0.2, 0) is 16.0 Å². The number of halogens is 1. The molecular formula is C17H15ClN2O3S2. The Hall–Kier alpha value is -2.09. The molecule has 2 aromatic carbocycles. The number of aliphatic carboxylic acids is 1. The van der Waals surface area contributed by atoms with Crippen LogP contribution < -0.4 is 10.6 Å². The van der Waals surface area contributed by atoms with Crippen LogP contribution in [0.1, 0.15) is 5.56 Å². The number of carboxylic acids is 1. The maximum atomic E-state index is 11.9. The lowest BCUT2D eigenvalue weighted by molar-refractivity contribution is -0.136. The highest BCUT2D eigenvalue weighted by Gasteiger charge is 2.07. The summed E-state index contributed by atoms with van der Waals surface area (Å²) in [6.45, 7) is 0. The summed E-state index contributed by atoms with van der Waals surface area (Å²) in [6, 6.07) is 14.0. The molecule has 0 aliphatic heterocycles. The van der Waals surface area contributed by atoms with Gasteiger partial charge in [0.25, 0.3) is 0 Å². The normalized spacial score (nSPS) is 10.1. The smallest absolute Gasteiger partial charge is 0.307 e. The van der Waals surface area contributed by atoms with Crippen LogP contribution in [0.5, 0.6) is 0 Å². The van der Waals surface area contributed by atoms with Crippen molar-refractivity contribution in [2.75, 3.05) is 11.1 Å². The molecule has 0 atom stereocenters. The van der Waals surface area contributed by atoms with E-state index in [1.807, 2.05) is 12.1 Å². The Bertz CT molecular complexity index is 764. The van der Waals surface area contributed by atoms with Crippen LogP contribution in [0.25, 0.3) is 0 Å². The van der Waals surface area contributed by atoms with Gasteiger partial charge in [0.2, 0.25) is 5.91 Å². The van der Waals surface area contributed by atoms with Gasteiger partial charge in [-0.2, -0.15) is 0 Å². The highest BCUT2D eigenvalue weighted by molar-refractivity contribution is 8.00. The first-order valence-corrected chi connectivity index (χ1v) is 8.99. The Morgan fingerprint density at radius 2 is 1.72 bits per heavy atom. The first-order valence-electron chi connectivity index (χ1n) is 7.22. The van der Waals surface area contributed by atoms with Crippen molar-refractivity contribution in [1.82, 2.24) is 5.32 Å². The molecule has 8 heteroatoms. The van der Waals surface area contributed by atoms with E-state index in [1.165, 1.54) is 11.8 Å². The van der Waals surface area contributed by atoms with Gasteiger partial charge in [0, 0.05) is 15.6 Å². The fourth-order valence-corrected chi connectivity index (χ4v) is 2.94. The Kier molecular flexibility index (Phi) is 7.24. The first kappa shape index (κ1) is 19.2. The minimum Gasteiger partial charge on any atom is -0.481 e. The zero-order chi connectivity index (χ0) is 18.2. The molecule has 0 saturated heterocycles. The second kappa shape index (κ2) is 9.41. The van der Waals surface area contributed by atoms with Crippen LogP contribution in [0.3, 0.4) is 0 Å². The van der Waals surface area contributed by atoms with Crippen LogP contribution in [0.2, 0.25) is 5.02 Å². The molecular weight excluding hydrogens is 380 g/mol. The number of thioether (sulfide) groups is 1. The van der Waals surface area contributed by atoms with Crippen molar-refractivity contribution < 1.29 is 14.7 Å². The summed E-state index contributed by atoms with van der Waals surface area (Å²) in [5, 5.41) is 15.1. The molecule has 0 fully saturated rings. The molecule has 0 bridgehead atoms. The standard InChI is InChI=1S/C17H15ClN2O3S2/c18-12-3-7-14(8-4-12)25-10-15(21)20-17(24)19-13-5-1-11(2-6-13)9-16(22)23/h1-8H,9-10H2,(H,22,23)(H2,19,20,21,24). The van der Waals surface area contributed by atoms with Crippen molar-refractivity contribution in [3.63, 3.8) is 0 Å². The molecule has 0 aliphatic rings. The van der Waals surface area contributed by atoms with Crippen molar-refractivity contribution in [2.24, 2.45) is 0 Å². The molecule has 25 heavy (non-hydrogen) atoms. The number of carbonyl (C=O) groups is 2. The lowest BCUT2D eigenvalue weighted by Crippen LogP contribution is -2.35. The van der Waals surface area contributed by atoms with Crippen molar-refractivity contribution >= 4 is 58.3 Å². The Labute approximate surface area is 159 Å². The maximum Gasteiger partial charge on any atom is 0.307 e. The lowest BCUT2D eigenvalue weighted by atomic mass is 10.1. The summed E-state index contributed by atoms with van der Waals surface area (Å²) in [5.41, 5.74) is 1.36. The van der Waals surface area contributed by atoms with Gasteiger partial charge in [-0.05, 0) is 54.2 Å². The van der Waals surface area contributed by atoms with Crippen LogP contribution in [0.15, 0.2) is 53.4 Å². The van der Waals surface area contributed by atoms with Crippen LogP contribution in [0.4, 0.5) is 5.69 Å². The number of nitrogens with one attached hydrogen (secondary N) is 2. The second-order valence-electron chi connectivity index (χ2n) is 5.01. The van der Waals surface area contributed by atoms with E-state index in [2.05, 4.69) is 10.6 Å². The molecule has 2 rings (SSSR count). The number of hydrogen-bond donors (Lipinski definition) is 3. The third kappa shape index (κ3) is 7.13. The summed E-state index contributed by atoms with van der Waals surface area (Å²) < 4.78 is 0. The SMILES string of the molecule is O=C(O)Cc1ccc(NC(=S)NC(=O)CSc2ccc(Cl)cc2)cc1. The number of amides is 1. The lowest BCUT2D eigenvalue weighted by Gasteiger charge is -2.10. The molecule has 0 radical (unpaired) electrons. The zero-order valence-corrected chi connectivity index (χ0v) is 15.4. The molecule has 0 unspecified atom stereocenters. The van der Waals surface area contributed by atoms with Crippen molar-refractivity contribution in [3.8, 4) is 0 Å². The minimum atomic E-state index is -0.887. The number of rotatable bonds is 6. The highest BCUT2D eigenvalue weighted by Crippen LogP contribution is 2.20. The van der Waals surface area contributed by atoms with Crippen molar-refractivity contribution in [3.05, 3.63) is 59.1 Å². The molecule has 0 spiro atoms. The topological polar surface area (TPSA) is 78.4 Å². The maximum absolute atomic E-state index is 11.9. The average molecular weight is 395 g/mol. The van der Waals surface area contributed by atoms with Crippen LogP contribution in [0, 0.1) is 0 Å². The molecule has 0 aromatic heterocycles. The highest BCUT2D eigenvalue weighted by atomic mass is 35.5. The third-order valence-corrected chi connectivity index (χ3v) is 4.47. The molecule has 130 valence electrons. The average Bonchev–Trinajstić information content (AvgIpc) is 2.55. The Balaban J connectivity index is 1.78. The summed E-state index contributed by atoms with van der Waals surface area (Å²) in [7, 11) is 0. The summed E-state index contributed by atoms with van der Waals surface area (Å²) in [6.07, 6.45) is -0.0383. The number of carboxylic acid groups (broad SMARTS) is 1. The molecule has 2 aromatic rings. The molecule has 0 saturated carbocycles. The number of carbonyl (C=O) groups excluding carboxylic acids is 1. The molecule has 0 heterocycles. The fraction of sp³-hybridized carbons (Fsp3) is 0.118. The van der Waals surface area contributed by atoms with E-state index in [0.717, 1.165) is 4.90 Å². The van der Waals surface area contributed by atoms with E-state index in [0.29, 0.717) is 16.3 Å². The quantitative estimate of drug-likeness (QED) is 0.513. The zero-order valence-electron chi connectivity index (χ0n) is 13.0. The van der Waals surface area contributed by atoms with E-state index in [9.17, 15) is 9.59 Å². The van der Waals surface area contributed by atoms with Gasteiger partial charge in [0.15, 0.2) is 5.11 Å². The molecule has 3 N–H and O–H groups in total. The number of benzene rings is 2. The van der Waals surface area contributed by atoms with E-state index in [1.54, 1.807) is 36.4 Å². The summed E-state index contributed by atoms with van der Waals surface area (Å²) in [4.78, 5) is 23.5. The Morgan fingerprint density at radius 3 is 2.32 bits per heavy atom. The number of thiocarbonyl (C=S) groups is 1. The molecule has 5 nitrogen and oxygen atoms in total. The third-order valence-electron chi connectivity index (χ3n) is 3.00. The van der Waals surface area contributed by atoms with E-state index in [4.69, 9.17) is 28.9 Å². The van der Waals surface area contributed by atoms with E-state index < -0.39 is 5.97 Å². The fourth-order valence-electron chi connectivity index (χ4n) is 1.89. The summed E-state index contributed by atoms with van der Waals surface area (Å²) in [5.74, 6) is -0.886.